The van der Waals surface area contributed by atoms with Crippen LogP contribution in [0.25, 0.3) is 0 Å². The number of anilines is 2. The topological polar surface area (TPSA) is 84.0 Å². The number of hydrogen-bond donors (Lipinski definition) is 2. The van der Waals surface area contributed by atoms with Crippen LogP contribution in [0.2, 0.25) is 0 Å². The summed E-state index contributed by atoms with van der Waals surface area (Å²) in [5, 5.41) is 5.79. The van der Waals surface area contributed by atoms with Crippen molar-refractivity contribution in [1.29, 1.82) is 0 Å². The summed E-state index contributed by atoms with van der Waals surface area (Å²) in [6.45, 7) is 1.77. The molecule has 0 aliphatic rings. The summed E-state index contributed by atoms with van der Waals surface area (Å²) in [4.78, 5) is 31.6. The Bertz CT molecular complexity index is 956. The van der Waals surface area contributed by atoms with E-state index in [0.717, 1.165) is 11.3 Å². The SMILES string of the molecule is CC(=O)c1ccc(Nc2cc(C(=O)NCc3ccc(F)cc3)ncn2)cc1. The van der Waals surface area contributed by atoms with Crippen LogP contribution in [0.4, 0.5) is 15.9 Å². The number of rotatable bonds is 6. The number of nitrogens with zero attached hydrogens (tertiary/aromatic N) is 2. The molecule has 0 bridgehead atoms. The third-order valence-electron chi connectivity index (χ3n) is 3.83. The van der Waals surface area contributed by atoms with E-state index >= 15 is 0 Å². The van der Waals surface area contributed by atoms with E-state index in [1.807, 2.05) is 0 Å². The summed E-state index contributed by atoms with van der Waals surface area (Å²) in [6.07, 6.45) is 1.29. The normalized spacial score (nSPS) is 10.3. The molecule has 3 aromatic rings. The highest BCUT2D eigenvalue weighted by Crippen LogP contribution is 2.16. The Balaban J connectivity index is 1.64. The van der Waals surface area contributed by atoms with Crippen molar-refractivity contribution in [3.63, 3.8) is 0 Å². The zero-order valence-corrected chi connectivity index (χ0v) is 14.6. The Hall–Kier alpha value is -3.61. The fraction of sp³-hybridized carbons (Fsp3) is 0.100. The molecule has 136 valence electrons. The highest BCUT2D eigenvalue weighted by molar-refractivity contribution is 5.94. The minimum atomic E-state index is -0.364. The molecule has 27 heavy (non-hydrogen) atoms. The highest BCUT2D eigenvalue weighted by Gasteiger charge is 2.09. The number of amides is 1. The minimum absolute atomic E-state index is 0.0105. The van der Waals surface area contributed by atoms with Crippen LogP contribution in [-0.2, 0) is 6.54 Å². The maximum Gasteiger partial charge on any atom is 0.270 e. The van der Waals surface area contributed by atoms with E-state index in [2.05, 4.69) is 20.6 Å². The second kappa shape index (κ2) is 8.18. The van der Waals surface area contributed by atoms with Crippen LogP contribution in [-0.4, -0.2) is 21.7 Å². The molecular formula is C20H17FN4O2. The lowest BCUT2D eigenvalue weighted by Crippen LogP contribution is -2.24. The lowest BCUT2D eigenvalue weighted by atomic mass is 10.1. The number of aromatic nitrogens is 2. The maximum absolute atomic E-state index is 12.9. The zero-order valence-electron chi connectivity index (χ0n) is 14.6. The van der Waals surface area contributed by atoms with Crippen molar-refractivity contribution < 1.29 is 14.0 Å². The van der Waals surface area contributed by atoms with Crippen molar-refractivity contribution in [2.75, 3.05) is 5.32 Å². The van der Waals surface area contributed by atoms with E-state index in [0.29, 0.717) is 11.4 Å². The van der Waals surface area contributed by atoms with Gasteiger partial charge in [0.1, 0.15) is 23.7 Å². The fourth-order valence-electron chi connectivity index (χ4n) is 2.36. The van der Waals surface area contributed by atoms with Gasteiger partial charge in [-0.05, 0) is 48.9 Å². The van der Waals surface area contributed by atoms with Gasteiger partial charge >= 0.3 is 0 Å². The summed E-state index contributed by atoms with van der Waals surface area (Å²) in [7, 11) is 0. The summed E-state index contributed by atoms with van der Waals surface area (Å²) in [5.74, 6) is -0.249. The van der Waals surface area contributed by atoms with E-state index < -0.39 is 0 Å². The van der Waals surface area contributed by atoms with Gasteiger partial charge in [0.2, 0.25) is 0 Å². The molecule has 3 rings (SSSR count). The van der Waals surface area contributed by atoms with Crippen molar-refractivity contribution in [1.82, 2.24) is 15.3 Å². The van der Waals surface area contributed by atoms with Crippen LogP contribution in [0.15, 0.2) is 60.9 Å². The predicted octanol–water partition coefficient (Wildman–Crippen LogP) is 3.49. The summed E-state index contributed by atoms with van der Waals surface area (Å²) in [5.41, 5.74) is 2.33. The molecule has 0 saturated heterocycles. The Morgan fingerprint density at radius 3 is 2.37 bits per heavy atom. The van der Waals surface area contributed by atoms with Crippen molar-refractivity contribution >= 4 is 23.2 Å². The lowest BCUT2D eigenvalue weighted by molar-refractivity contribution is 0.0945. The quantitative estimate of drug-likeness (QED) is 0.654. The number of carbonyl (C=O) groups is 2. The van der Waals surface area contributed by atoms with Gasteiger partial charge in [0, 0.05) is 23.9 Å². The third kappa shape index (κ3) is 4.94. The van der Waals surface area contributed by atoms with Crippen molar-refractivity contribution in [2.24, 2.45) is 0 Å². The van der Waals surface area contributed by atoms with Gasteiger partial charge in [0.05, 0.1) is 0 Å². The Labute approximate surface area is 155 Å². The van der Waals surface area contributed by atoms with Gasteiger partial charge in [-0.15, -0.1) is 0 Å². The van der Waals surface area contributed by atoms with Crippen LogP contribution in [0.5, 0.6) is 0 Å². The van der Waals surface area contributed by atoms with Gasteiger partial charge in [-0.2, -0.15) is 0 Å². The molecule has 1 heterocycles. The van der Waals surface area contributed by atoms with Crippen LogP contribution < -0.4 is 10.6 Å². The van der Waals surface area contributed by atoms with E-state index in [1.165, 1.54) is 31.5 Å². The molecule has 0 fully saturated rings. The van der Waals surface area contributed by atoms with Gasteiger partial charge in [-0.3, -0.25) is 9.59 Å². The summed E-state index contributed by atoms with van der Waals surface area (Å²) >= 11 is 0. The van der Waals surface area contributed by atoms with Gasteiger partial charge in [0.15, 0.2) is 5.78 Å². The highest BCUT2D eigenvalue weighted by atomic mass is 19.1. The van der Waals surface area contributed by atoms with E-state index in [4.69, 9.17) is 0 Å². The summed E-state index contributed by atoms with van der Waals surface area (Å²) in [6, 6.07) is 14.3. The molecule has 1 aromatic heterocycles. The van der Waals surface area contributed by atoms with Crippen molar-refractivity contribution in [2.45, 2.75) is 13.5 Å². The van der Waals surface area contributed by atoms with Gasteiger partial charge in [-0.1, -0.05) is 12.1 Å². The molecule has 1 amide bonds. The monoisotopic (exact) mass is 364 g/mol. The Kier molecular flexibility index (Phi) is 5.51. The number of ketones is 1. The molecule has 0 aliphatic heterocycles. The first-order valence-electron chi connectivity index (χ1n) is 8.24. The van der Waals surface area contributed by atoms with Crippen LogP contribution in [0, 0.1) is 5.82 Å². The zero-order chi connectivity index (χ0) is 19.2. The number of benzene rings is 2. The molecular weight excluding hydrogens is 347 g/mol. The van der Waals surface area contributed by atoms with Crippen LogP contribution in [0.1, 0.15) is 33.3 Å². The Morgan fingerprint density at radius 2 is 1.70 bits per heavy atom. The number of nitrogens with one attached hydrogen (secondary N) is 2. The second-order valence-corrected chi connectivity index (χ2v) is 5.86. The molecule has 0 unspecified atom stereocenters. The lowest BCUT2D eigenvalue weighted by Gasteiger charge is -2.08. The molecule has 0 spiro atoms. The molecule has 0 saturated carbocycles. The average molecular weight is 364 g/mol. The minimum Gasteiger partial charge on any atom is -0.347 e. The molecule has 2 N–H and O–H groups in total. The first kappa shape index (κ1) is 18.2. The van der Waals surface area contributed by atoms with Crippen LogP contribution >= 0.6 is 0 Å². The average Bonchev–Trinajstić information content (AvgIpc) is 2.68. The molecule has 2 aromatic carbocycles. The first-order chi connectivity index (χ1) is 13.0. The van der Waals surface area contributed by atoms with Gasteiger partial charge < -0.3 is 10.6 Å². The smallest absolute Gasteiger partial charge is 0.270 e. The van der Waals surface area contributed by atoms with E-state index in [9.17, 15) is 14.0 Å². The standard InChI is InChI=1S/C20H17FN4O2/c1-13(26)15-4-8-17(9-5-15)25-19-10-18(23-12-24-19)20(27)22-11-14-2-6-16(21)7-3-14/h2-10,12H,11H2,1H3,(H,22,27)(H,23,24,25). The fourth-order valence-corrected chi connectivity index (χ4v) is 2.36. The van der Waals surface area contributed by atoms with Crippen molar-refractivity contribution in [3.8, 4) is 0 Å². The second-order valence-electron chi connectivity index (χ2n) is 5.86. The maximum atomic E-state index is 12.9. The van der Waals surface area contributed by atoms with Crippen LogP contribution in [0.3, 0.4) is 0 Å². The van der Waals surface area contributed by atoms with Crippen molar-refractivity contribution in [3.05, 3.63) is 83.6 Å². The molecule has 7 heteroatoms. The molecule has 0 radical (unpaired) electrons. The Morgan fingerprint density at radius 1 is 1.00 bits per heavy atom. The van der Waals surface area contributed by atoms with Gasteiger partial charge in [-0.25, -0.2) is 14.4 Å². The number of hydrogen-bond acceptors (Lipinski definition) is 5. The van der Waals surface area contributed by atoms with Gasteiger partial charge in [0.25, 0.3) is 5.91 Å². The largest absolute Gasteiger partial charge is 0.347 e. The number of Topliss-reactive ketones (excluding diaryl/α,β-unsaturated/α-hetero) is 1. The number of halogens is 1. The van der Waals surface area contributed by atoms with E-state index in [1.54, 1.807) is 36.4 Å². The molecule has 0 aliphatic carbocycles. The number of carbonyl (C=O) groups excluding carboxylic acids is 2. The van der Waals surface area contributed by atoms with E-state index in [-0.39, 0.29) is 29.7 Å². The molecule has 6 nitrogen and oxygen atoms in total. The predicted molar refractivity (Wildman–Crippen MR) is 99.3 cm³/mol. The molecule has 0 atom stereocenters. The first-order valence-corrected chi connectivity index (χ1v) is 8.24. The third-order valence-corrected chi connectivity index (χ3v) is 3.83. The summed E-state index contributed by atoms with van der Waals surface area (Å²) < 4.78 is 12.9.